The molecule has 29 heavy (non-hydrogen) atoms. The second-order valence-corrected chi connectivity index (χ2v) is 5.99. The van der Waals surface area contributed by atoms with E-state index in [1.165, 1.54) is 42.6 Å². The topological polar surface area (TPSA) is 115 Å². The average molecular weight is 425 g/mol. The molecule has 3 amide bonds. The number of pyridine rings is 1. The fourth-order valence-electron chi connectivity index (χ4n) is 2.59. The predicted octanol–water partition coefficient (Wildman–Crippen LogP) is 2.92. The Hall–Kier alpha value is -3.44. The van der Waals surface area contributed by atoms with Gasteiger partial charge in [0.2, 0.25) is 0 Å². The zero-order chi connectivity index (χ0) is 21.2. The Kier molecular flexibility index (Phi) is 5.52. The summed E-state index contributed by atoms with van der Waals surface area (Å²) in [5.74, 6) is 3.54. The third-order valence-corrected chi connectivity index (χ3v) is 4.02. The van der Waals surface area contributed by atoms with E-state index in [1.54, 1.807) is 11.5 Å². The molecule has 12 heteroatoms. The first-order chi connectivity index (χ1) is 13.7. The van der Waals surface area contributed by atoms with Crippen molar-refractivity contribution in [2.45, 2.75) is 6.18 Å². The van der Waals surface area contributed by atoms with Gasteiger partial charge in [0.1, 0.15) is 5.69 Å². The molecule has 0 atom stereocenters. The Bertz CT molecular complexity index is 1070. The zero-order valence-electron chi connectivity index (χ0n) is 14.4. The molecule has 0 aliphatic rings. The van der Waals surface area contributed by atoms with E-state index in [1.807, 2.05) is 5.32 Å². The maximum absolute atomic E-state index is 13.8. The van der Waals surface area contributed by atoms with Crippen molar-refractivity contribution in [3.8, 4) is 16.9 Å². The molecule has 0 aliphatic heterocycles. The van der Waals surface area contributed by atoms with Crippen LogP contribution in [0.5, 0.6) is 0 Å². The third-order valence-electron chi connectivity index (χ3n) is 3.73. The number of hydrogen-bond donors (Lipinski definition) is 3. The summed E-state index contributed by atoms with van der Waals surface area (Å²) in [5.41, 5.74) is -0.753. The Morgan fingerprint density at radius 1 is 1.10 bits per heavy atom. The molecular weight excluding hydrogens is 413 g/mol. The number of urea groups is 1. The lowest BCUT2D eigenvalue weighted by atomic mass is 10.0. The van der Waals surface area contributed by atoms with Gasteiger partial charge in [0, 0.05) is 11.8 Å². The van der Waals surface area contributed by atoms with E-state index in [9.17, 15) is 22.8 Å². The predicted molar refractivity (Wildman–Crippen MR) is 97.0 cm³/mol. The molecule has 0 bridgehead atoms. The molecular formula is C17H12ClF3N6O2. The average Bonchev–Trinajstić information content (AvgIpc) is 3.10. The first kappa shape index (κ1) is 20.3. The van der Waals surface area contributed by atoms with E-state index in [-0.39, 0.29) is 16.4 Å². The first-order valence-corrected chi connectivity index (χ1v) is 8.30. The molecule has 0 spiro atoms. The minimum absolute atomic E-state index is 0.0523. The minimum Gasteiger partial charge on any atom is -0.276 e. The summed E-state index contributed by atoms with van der Waals surface area (Å²) in [6.07, 6.45) is -3.64. The van der Waals surface area contributed by atoms with Crippen molar-refractivity contribution >= 4 is 23.5 Å². The van der Waals surface area contributed by atoms with Gasteiger partial charge in [-0.3, -0.25) is 15.5 Å². The number of nitrogens with one attached hydrogen (secondary N) is 2. The molecule has 0 saturated heterocycles. The van der Waals surface area contributed by atoms with Gasteiger partial charge >= 0.3 is 12.2 Å². The van der Waals surface area contributed by atoms with E-state index >= 15 is 0 Å². The van der Waals surface area contributed by atoms with Crippen molar-refractivity contribution in [3.63, 3.8) is 0 Å². The quantitative estimate of drug-likeness (QED) is 0.340. The molecule has 0 unspecified atom stereocenters. The van der Waals surface area contributed by atoms with Gasteiger partial charge in [-0.2, -0.15) is 18.3 Å². The van der Waals surface area contributed by atoms with Gasteiger partial charge in [-0.25, -0.2) is 20.3 Å². The molecule has 2 heterocycles. The Morgan fingerprint density at radius 2 is 1.79 bits per heavy atom. The standard InChI is InChI=1S/C17H12ClF3N6O2/c18-10-7-4-8-23-14(10)27-12(15(28)24-16(29)25-22)11(9-5-2-1-3-6-9)13(26-27)17(19,20)21/h1-8H,22H2,(H2,24,25,28,29). The summed E-state index contributed by atoms with van der Waals surface area (Å²) in [4.78, 5) is 28.1. The van der Waals surface area contributed by atoms with E-state index in [0.29, 0.717) is 4.68 Å². The second kappa shape index (κ2) is 7.89. The van der Waals surface area contributed by atoms with Crippen LogP contribution in [-0.4, -0.2) is 26.7 Å². The van der Waals surface area contributed by atoms with Crippen molar-refractivity contribution in [1.82, 2.24) is 25.5 Å². The molecule has 8 nitrogen and oxygen atoms in total. The maximum Gasteiger partial charge on any atom is 0.435 e. The van der Waals surface area contributed by atoms with Gasteiger partial charge in [0.15, 0.2) is 11.5 Å². The smallest absolute Gasteiger partial charge is 0.276 e. The Morgan fingerprint density at radius 3 is 2.38 bits per heavy atom. The van der Waals surface area contributed by atoms with Crippen LogP contribution in [0.3, 0.4) is 0 Å². The molecule has 150 valence electrons. The molecule has 2 aromatic heterocycles. The molecule has 0 saturated carbocycles. The zero-order valence-corrected chi connectivity index (χ0v) is 15.1. The van der Waals surface area contributed by atoms with Gasteiger partial charge in [-0.1, -0.05) is 41.9 Å². The lowest BCUT2D eigenvalue weighted by molar-refractivity contribution is -0.140. The number of carbonyl (C=O) groups excluding carboxylic acids is 2. The summed E-state index contributed by atoms with van der Waals surface area (Å²) in [6, 6.07) is 9.03. The van der Waals surface area contributed by atoms with Gasteiger partial charge < -0.3 is 0 Å². The number of alkyl halides is 3. The number of amides is 3. The molecule has 1 aromatic carbocycles. The van der Waals surface area contributed by atoms with Gasteiger partial charge in [0.05, 0.1) is 5.02 Å². The number of rotatable bonds is 3. The molecule has 4 N–H and O–H groups in total. The summed E-state index contributed by atoms with van der Waals surface area (Å²) in [6.45, 7) is 0. The number of nitrogens with two attached hydrogens (primary N) is 1. The molecule has 0 fully saturated rings. The summed E-state index contributed by atoms with van der Waals surface area (Å²) in [7, 11) is 0. The number of nitrogens with zero attached hydrogens (tertiary/aromatic N) is 3. The van der Waals surface area contributed by atoms with Crippen LogP contribution in [0.1, 0.15) is 16.2 Å². The number of carbonyl (C=O) groups is 2. The monoisotopic (exact) mass is 424 g/mol. The lowest BCUT2D eigenvalue weighted by Crippen LogP contribution is -2.43. The Balaban J connectivity index is 2.37. The maximum atomic E-state index is 13.8. The highest BCUT2D eigenvalue weighted by atomic mass is 35.5. The SMILES string of the molecule is NNC(=O)NC(=O)c1c(-c2ccccc2)c(C(F)(F)F)nn1-c1ncccc1Cl. The van der Waals surface area contributed by atoms with Crippen LogP contribution in [0, 0.1) is 0 Å². The van der Waals surface area contributed by atoms with E-state index < -0.39 is 35.1 Å². The fourth-order valence-corrected chi connectivity index (χ4v) is 2.79. The minimum atomic E-state index is -4.91. The van der Waals surface area contributed by atoms with Crippen LogP contribution in [-0.2, 0) is 6.18 Å². The van der Waals surface area contributed by atoms with Crippen LogP contribution in [0.4, 0.5) is 18.0 Å². The van der Waals surface area contributed by atoms with Crippen LogP contribution in [0.25, 0.3) is 16.9 Å². The highest BCUT2D eigenvalue weighted by molar-refractivity contribution is 6.32. The highest BCUT2D eigenvalue weighted by Crippen LogP contribution is 2.39. The Labute approximate surface area is 166 Å². The second-order valence-electron chi connectivity index (χ2n) is 5.58. The van der Waals surface area contributed by atoms with Crippen molar-refractivity contribution in [3.05, 3.63) is 65.1 Å². The number of hydrazine groups is 1. The number of hydrogen-bond acceptors (Lipinski definition) is 5. The molecule has 0 radical (unpaired) electrons. The lowest BCUT2D eigenvalue weighted by Gasteiger charge is -2.10. The normalized spacial score (nSPS) is 11.2. The van der Waals surface area contributed by atoms with Crippen LogP contribution in [0.15, 0.2) is 48.7 Å². The van der Waals surface area contributed by atoms with Crippen molar-refractivity contribution in [2.75, 3.05) is 0 Å². The van der Waals surface area contributed by atoms with Gasteiger partial charge in [-0.15, -0.1) is 0 Å². The van der Waals surface area contributed by atoms with Crippen molar-refractivity contribution in [1.29, 1.82) is 0 Å². The summed E-state index contributed by atoms with van der Waals surface area (Å²) in [5, 5.41) is 5.35. The molecule has 3 rings (SSSR count). The van der Waals surface area contributed by atoms with Crippen molar-refractivity contribution in [2.24, 2.45) is 5.84 Å². The van der Waals surface area contributed by atoms with Crippen molar-refractivity contribution < 1.29 is 22.8 Å². The van der Waals surface area contributed by atoms with E-state index in [2.05, 4.69) is 10.1 Å². The van der Waals surface area contributed by atoms with Crippen LogP contribution >= 0.6 is 11.6 Å². The van der Waals surface area contributed by atoms with Crippen LogP contribution < -0.4 is 16.6 Å². The van der Waals surface area contributed by atoms with Crippen LogP contribution in [0.2, 0.25) is 5.02 Å². The fraction of sp³-hybridized carbons (Fsp3) is 0.0588. The number of imide groups is 1. The number of aromatic nitrogens is 3. The van der Waals surface area contributed by atoms with E-state index in [0.717, 1.165) is 0 Å². The van der Waals surface area contributed by atoms with E-state index in [4.69, 9.17) is 17.4 Å². The number of benzene rings is 1. The number of halogens is 4. The summed E-state index contributed by atoms with van der Waals surface area (Å²) >= 11 is 6.05. The third kappa shape index (κ3) is 4.05. The van der Waals surface area contributed by atoms with Gasteiger partial charge in [-0.05, 0) is 17.7 Å². The molecule has 0 aliphatic carbocycles. The van der Waals surface area contributed by atoms with Gasteiger partial charge in [0.25, 0.3) is 5.91 Å². The molecule has 3 aromatic rings. The highest BCUT2D eigenvalue weighted by Gasteiger charge is 2.42. The summed E-state index contributed by atoms with van der Waals surface area (Å²) < 4.78 is 42.0. The first-order valence-electron chi connectivity index (χ1n) is 7.92. The largest absolute Gasteiger partial charge is 0.435 e.